The summed E-state index contributed by atoms with van der Waals surface area (Å²) in [6.45, 7) is 5.53. The molecule has 0 amide bonds. The van der Waals surface area contributed by atoms with E-state index in [2.05, 4.69) is 15.0 Å². The molecule has 0 bridgehead atoms. The monoisotopic (exact) mass is 508 g/mol. The fourth-order valence-corrected chi connectivity index (χ4v) is 3.66. The van der Waals surface area contributed by atoms with Crippen molar-refractivity contribution in [2.24, 2.45) is 10.7 Å². The Hall–Kier alpha value is -0.290. The van der Waals surface area contributed by atoms with Crippen LogP contribution in [0.15, 0.2) is 23.2 Å². The molecule has 4 N–H and O–H groups in total. The predicted molar refractivity (Wildman–Crippen MR) is 112 cm³/mol. The van der Waals surface area contributed by atoms with Crippen LogP contribution < -0.4 is 15.8 Å². The highest BCUT2D eigenvalue weighted by molar-refractivity contribution is 14.0. The Morgan fingerprint density at radius 1 is 1.38 bits per heavy atom. The van der Waals surface area contributed by atoms with E-state index in [-0.39, 0.29) is 42.5 Å². The predicted octanol–water partition coefficient (Wildman–Crippen LogP) is 2.90. The van der Waals surface area contributed by atoms with Crippen molar-refractivity contribution in [3.05, 3.63) is 33.8 Å². The summed E-state index contributed by atoms with van der Waals surface area (Å²) >= 11 is 12.0. The molecule has 0 fully saturated rings. The summed E-state index contributed by atoms with van der Waals surface area (Å²) in [7, 11) is -3.32. The third-order valence-electron chi connectivity index (χ3n) is 2.90. The maximum absolute atomic E-state index is 11.3. The fourth-order valence-electron chi connectivity index (χ4n) is 2.01. The zero-order valence-corrected chi connectivity index (χ0v) is 18.6. The molecule has 0 saturated heterocycles. The molecule has 0 spiro atoms. The molecule has 1 aromatic rings. The summed E-state index contributed by atoms with van der Waals surface area (Å²) in [6, 6.07) is 5.04. The van der Waals surface area contributed by atoms with E-state index in [1.165, 1.54) is 0 Å². The summed E-state index contributed by atoms with van der Waals surface area (Å²) in [5, 5.41) is 4.10. The molecule has 0 aliphatic rings. The second-order valence-corrected chi connectivity index (χ2v) is 8.58. The number of nitrogens with one attached hydrogen (secondary N) is 2. The Bertz CT molecular complexity index is 696. The van der Waals surface area contributed by atoms with Crippen molar-refractivity contribution >= 4 is 63.2 Å². The van der Waals surface area contributed by atoms with Gasteiger partial charge in [0, 0.05) is 15.6 Å². The van der Waals surface area contributed by atoms with E-state index < -0.39 is 15.6 Å². The van der Waals surface area contributed by atoms with E-state index in [9.17, 15) is 8.42 Å². The molecule has 0 radical (unpaired) electrons. The van der Waals surface area contributed by atoms with E-state index in [1.54, 1.807) is 26.0 Å². The van der Waals surface area contributed by atoms with Gasteiger partial charge in [-0.25, -0.2) is 13.1 Å². The molecule has 0 aliphatic heterocycles. The van der Waals surface area contributed by atoms with Crippen molar-refractivity contribution in [1.29, 1.82) is 0 Å². The lowest BCUT2D eigenvalue weighted by Gasteiger charge is -2.23. The van der Waals surface area contributed by atoms with Crippen LogP contribution in [0.4, 0.5) is 0 Å². The normalized spacial score (nSPS) is 14.0. The summed E-state index contributed by atoms with van der Waals surface area (Å²) in [5.74, 6) is 0.201. The molecule has 1 aromatic carbocycles. The number of sulfonamides is 1. The Morgan fingerprint density at radius 2 is 1.96 bits per heavy atom. The van der Waals surface area contributed by atoms with Gasteiger partial charge in [0.25, 0.3) is 0 Å². The first kappa shape index (κ1) is 23.7. The maximum Gasteiger partial charge on any atom is 0.209 e. The van der Waals surface area contributed by atoms with Crippen LogP contribution >= 0.6 is 47.2 Å². The van der Waals surface area contributed by atoms with Gasteiger partial charge < -0.3 is 11.1 Å². The molecular weight excluding hydrogens is 486 g/mol. The van der Waals surface area contributed by atoms with Crippen LogP contribution in [-0.4, -0.2) is 32.7 Å². The number of benzene rings is 1. The van der Waals surface area contributed by atoms with Crippen LogP contribution in [0.3, 0.4) is 0 Å². The van der Waals surface area contributed by atoms with Crippen LogP contribution in [0.5, 0.6) is 0 Å². The minimum atomic E-state index is -3.32. The number of nitrogens with zero attached hydrogens (tertiary/aromatic N) is 1. The number of hydrogen-bond acceptors (Lipinski definition) is 3. The van der Waals surface area contributed by atoms with Crippen molar-refractivity contribution in [3.63, 3.8) is 0 Å². The number of aliphatic imine (C=N–C) groups is 1. The molecular formula is C14H23Cl2IN4O2S. The standard InChI is InChI=1S/C14H22Cl2N4O2S.HI/c1-9(11-6-5-10(15)7-12(11)16)19-13(17)18-8-14(2,3)20-23(4,21)22;/h5-7,9,20H,8H2,1-4H3,(H3,17,18,19);1H. The molecule has 0 heterocycles. The topological polar surface area (TPSA) is 96.6 Å². The molecule has 138 valence electrons. The van der Waals surface area contributed by atoms with Crippen LogP contribution in [0.25, 0.3) is 0 Å². The van der Waals surface area contributed by atoms with Gasteiger partial charge in [-0.3, -0.25) is 4.99 Å². The number of hydrogen-bond donors (Lipinski definition) is 3. The average molecular weight is 509 g/mol. The van der Waals surface area contributed by atoms with Crippen molar-refractivity contribution in [1.82, 2.24) is 10.0 Å². The minimum Gasteiger partial charge on any atom is -0.370 e. The largest absolute Gasteiger partial charge is 0.370 e. The van der Waals surface area contributed by atoms with E-state index in [4.69, 9.17) is 28.9 Å². The van der Waals surface area contributed by atoms with Crippen molar-refractivity contribution < 1.29 is 8.42 Å². The first-order valence-corrected chi connectivity index (χ1v) is 9.55. The van der Waals surface area contributed by atoms with Gasteiger partial charge in [-0.05, 0) is 38.5 Å². The van der Waals surface area contributed by atoms with Gasteiger partial charge in [0.1, 0.15) is 0 Å². The van der Waals surface area contributed by atoms with E-state index >= 15 is 0 Å². The van der Waals surface area contributed by atoms with Gasteiger partial charge in [-0.2, -0.15) is 0 Å². The highest BCUT2D eigenvalue weighted by atomic mass is 127. The highest BCUT2D eigenvalue weighted by Gasteiger charge is 2.22. The zero-order chi connectivity index (χ0) is 17.8. The molecule has 0 aliphatic carbocycles. The van der Waals surface area contributed by atoms with E-state index in [0.717, 1.165) is 11.8 Å². The molecule has 0 saturated carbocycles. The average Bonchev–Trinajstić information content (AvgIpc) is 2.33. The fraction of sp³-hybridized carbons (Fsp3) is 0.500. The van der Waals surface area contributed by atoms with Gasteiger partial charge in [0.2, 0.25) is 10.0 Å². The van der Waals surface area contributed by atoms with Crippen LogP contribution in [0.2, 0.25) is 10.0 Å². The van der Waals surface area contributed by atoms with Crippen molar-refractivity contribution in [2.75, 3.05) is 12.8 Å². The molecule has 6 nitrogen and oxygen atoms in total. The minimum absolute atomic E-state index is 0. The van der Waals surface area contributed by atoms with Gasteiger partial charge in [0.05, 0.1) is 18.8 Å². The Balaban J connectivity index is 0.00000529. The Morgan fingerprint density at radius 3 is 2.46 bits per heavy atom. The van der Waals surface area contributed by atoms with Crippen molar-refractivity contribution in [3.8, 4) is 0 Å². The number of nitrogens with two attached hydrogens (primary N) is 1. The first-order chi connectivity index (χ1) is 10.4. The highest BCUT2D eigenvalue weighted by Crippen LogP contribution is 2.25. The first-order valence-electron chi connectivity index (χ1n) is 6.90. The summed E-state index contributed by atoms with van der Waals surface area (Å²) in [4.78, 5) is 4.18. The third kappa shape index (κ3) is 8.70. The van der Waals surface area contributed by atoms with Gasteiger partial charge in [0.15, 0.2) is 5.96 Å². The number of rotatable bonds is 6. The maximum atomic E-state index is 11.3. The SMILES string of the molecule is CC(NC(N)=NCC(C)(C)NS(C)(=O)=O)c1ccc(Cl)cc1Cl.I. The molecule has 0 aromatic heterocycles. The van der Waals surface area contributed by atoms with Gasteiger partial charge >= 0.3 is 0 Å². The van der Waals surface area contributed by atoms with Gasteiger partial charge in [-0.1, -0.05) is 29.3 Å². The molecule has 1 rings (SSSR count). The number of halogens is 3. The van der Waals surface area contributed by atoms with Crippen LogP contribution in [0.1, 0.15) is 32.4 Å². The van der Waals surface area contributed by atoms with E-state index in [0.29, 0.717) is 10.0 Å². The van der Waals surface area contributed by atoms with Crippen LogP contribution in [0, 0.1) is 0 Å². The lowest BCUT2D eigenvalue weighted by molar-refractivity contribution is 0.465. The lowest BCUT2D eigenvalue weighted by atomic mass is 10.1. The Labute approximate surface area is 170 Å². The number of guanidine groups is 1. The zero-order valence-electron chi connectivity index (χ0n) is 13.9. The molecule has 10 heteroatoms. The van der Waals surface area contributed by atoms with E-state index in [1.807, 2.05) is 13.0 Å². The second kappa shape index (κ2) is 9.42. The smallest absolute Gasteiger partial charge is 0.209 e. The van der Waals surface area contributed by atoms with Crippen LogP contribution in [-0.2, 0) is 10.0 Å². The third-order valence-corrected chi connectivity index (χ3v) is 4.39. The Kier molecular flexibility index (Phi) is 9.31. The molecule has 1 atom stereocenters. The van der Waals surface area contributed by atoms with Crippen molar-refractivity contribution in [2.45, 2.75) is 32.4 Å². The quantitative estimate of drug-likeness (QED) is 0.312. The summed E-state index contributed by atoms with van der Waals surface area (Å²) in [6.07, 6.45) is 1.10. The van der Waals surface area contributed by atoms with Gasteiger partial charge in [-0.15, -0.1) is 24.0 Å². The lowest BCUT2D eigenvalue weighted by Crippen LogP contribution is -2.46. The second-order valence-electron chi connectivity index (χ2n) is 5.99. The molecule has 1 unspecified atom stereocenters. The molecule has 24 heavy (non-hydrogen) atoms. The summed E-state index contributed by atoms with van der Waals surface area (Å²) in [5.41, 5.74) is 5.96. The summed E-state index contributed by atoms with van der Waals surface area (Å²) < 4.78 is 25.1.